The number of benzene rings is 1. The van der Waals surface area contributed by atoms with E-state index in [2.05, 4.69) is 21.2 Å². The van der Waals surface area contributed by atoms with Gasteiger partial charge in [0.15, 0.2) is 0 Å². The van der Waals surface area contributed by atoms with Crippen molar-refractivity contribution in [1.29, 1.82) is 0 Å². The molecule has 1 amide bonds. The van der Waals surface area contributed by atoms with Crippen molar-refractivity contribution in [2.24, 2.45) is 5.92 Å². The van der Waals surface area contributed by atoms with Gasteiger partial charge in [-0.3, -0.25) is 9.59 Å². The van der Waals surface area contributed by atoms with Crippen LogP contribution in [0.5, 0.6) is 0 Å². The highest BCUT2D eigenvalue weighted by Gasteiger charge is 2.09. The summed E-state index contributed by atoms with van der Waals surface area (Å²) in [7, 11) is 0. The monoisotopic (exact) mass is 327 g/mol. The summed E-state index contributed by atoms with van der Waals surface area (Å²) >= 11 is 3.44. The molecule has 0 bridgehead atoms. The molecule has 1 atom stereocenters. The molecule has 0 radical (unpaired) electrons. The largest absolute Gasteiger partial charge is 0.481 e. The second kappa shape index (κ2) is 7.94. The van der Waals surface area contributed by atoms with Crippen LogP contribution in [0.1, 0.15) is 25.3 Å². The molecule has 0 saturated heterocycles. The van der Waals surface area contributed by atoms with Gasteiger partial charge in [-0.05, 0) is 24.0 Å². The van der Waals surface area contributed by atoms with Crippen LogP contribution in [0.15, 0.2) is 28.7 Å². The molecule has 0 saturated carbocycles. The number of carboxylic acid groups (broad SMARTS) is 1. The number of hydrogen-bond donors (Lipinski definition) is 2. The molecule has 1 aromatic rings. The van der Waals surface area contributed by atoms with Crippen LogP contribution in [-0.4, -0.2) is 23.5 Å². The summed E-state index contributed by atoms with van der Waals surface area (Å²) in [6.45, 7) is 2.21. The zero-order valence-electron chi connectivity index (χ0n) is 10.9. The molecule has 104 valence electrons. The summed E-state index contributed by atoms with van der Waals surface area (Å²) in [5.41, 5.74) is 1.09. The number of aliphatic carboxylic acids is 1. The summed E-state index contributed by atoms with van der Waals surface area (Å²) in [5, 5.41) is 11.4. The lowest BCUT2D eigenvalue weighted by Crippen LogP contribution is -2.29. The highest BCUT2D eigenvalue weighted by atomic mass is 79.9. The fraction of sp³-hybridized carbons (Fsp3) is 0.429. The fourth-order valence-electron chi connectivity index (χ4n) is 1.70. The summed E-state index contributed by atoms with van der Waals surface area (Å²) in [6, 6.07) is 7.79. The van der Waals surface area contributed by atoms with Crippen molar-refractivity contribution in [3.8, 4) is 0 Å². The molecule has 1 rings (SSSR count). The summed E-state index contributed by atoms with van der Waals surface area (Å²) in [4.78, 5) is 22.1. The van der Waals surface area contributed by atoms with Crippen LogP contribution in [0.25, 0.3) is 0 Å². The first-order chi connectivity index (χ1) is 8.99. The van der Waals surface area contributed by atoms with Gasteiger partial charge in [0.05, 0.1) is 0 Å². The second-order valence-electron chi connectivity index (χ2n) is 4.60. The van der Waals surface area contributed by atoms with E-state index in [9.17, 15) is 9.59 Å². The minimum absolute atomic E-state index is 0.0482. The molecule has 0 aliphatic rings. The normalized spacial score (nSPS) is 11.9. The van der Waals surface area contributed by atoms with Gasteiger partial charge in [0.2, 0.25) is 5.91 Å². The van der Waals surface area contributed by atoms with Gasteiger partial charge >= 0.3 is 5.97 Å². The first-order valence-corrected chi connectivity index (χ1v) is 7.00. The zero-order valence-corrected chi connectivity index (χ0v) is 12.4. The molecule has 0 aliphatic carbocycles. The van der Waals surface area contributed by atoms with Gasteiger partial charge in [-0.25, -0.2) is 0 Å². The van der Waals surface area contributed by atoms with Crippen LogP contribution in [-0.2, 0) is 16.0 Å². The number of hydrogen-bond acceptors (Lipinski definition) is 2. The van der Waals surface area contributed by atoms with E-state index in [1.165, 1.54) is 0 Å². The third kappa shape index (κ3) is 6.38. The van der Waals surface area contributed by atoms with Gasteiger partial charge in [-0.1, -0.05) is 41.1 Å². The van der Waals surface area contributed by atoms with E-state index in [0.717, 1.165) is 10.0 Å². The Morgan fingerprint density at radius 2 is 2.05 bits per heavy atom. The Balaban J connectivity index is 2.29. The van der Waals surface area contributed by atoms with E-state index in [1.807, 2.05) is 31.2 Å². The molecule has 1 aromatic carbocycles. The van der Waals surface area contributed by atoms with Crippen molar-refractivity contribution in [2.45, 2.75) is 26.2 Å². The quantitative estimate of drug-likeness (QED) is 0.808. The van der Waals surface area contributed by atoms with Crippen LogP contribution in [0.4, 0.5) is 0 Å². The number of aryl methyl sites for hydroxylation is 1. The Hall–Kier alpha value is -1.36. The molecule has 4 nitrogen and oxygen atoms in total. The molecular weight excluding hydrogens is 310 g/mol. The van der Waals surface area contributed by atoms with Crippen LogP contribution in [0.2, 0.25) is 0 Å². The van der Waals surface area contributed by atoms with Crippen molar-refractivity contribution in [1.82, 2.24) is 5.32 Å². The van der Waals surface area contributed by atoms with E-state index in [1.54, 1.807) is 0 Å². The number of carbonyl (C=O) groups is 2. The molecule has 0 fully saturated rings. The van der Waals surface area contributed by atoms with Gasteiger partial charge in [0.1, 0.15) is 0 Å². The lowest BCUT2D eigenvalue weighted by Gasteiger charge is -2.10. The third-order valence-corrected chi connectivity index (χ3v) is 3.52. The molecule has 0 spiro atoms. The molecule has 19 heavy (non-hydrogen) atoms. The van der Waals surface area contributed by atoms with E-state index in [0.29, 0.717) is 19.4 Å². The van der Waals surface area contributed by atoms with Crippen LogP contribution >= 0.6 is 15.9 Å². The zero-order chi connectivity index (χ0) is 14.3. The predicted octanol–water partition coefficient (Wildman–Crippen LogP) is 2.61. The van der Waals surface area contributed by atoms with Crippen molar-refractivity contribution in [3.05, 3.63) is 34.3 Å². The van der Waals surface area contributed by atoms with Gasteiger partial charge in [0, 0.05) is 23.9 Å². The average Bonchev–Trinajstić information content (AvgIpc) is 2.34. The number of nitrogens with one attached hydrogen (secondary N) is 1. The third-order valence-electron chi connectivity index (χ3n) is 2.75. The van der Waals surface area contributed by atoms with Crippen molar-refractivity contribution in [3.63, 3.8) is 0 Å². The smallest absolute Gasteiger partial charge is 0.303 e. The molecule has 1 unspecified atom stereocenters. The summed E-state index contributed by atoms with van der Waals surface area (Å²) < 4.78 is 1.00. The molecular formula is C14H18BrNO3. The highest BCUT2D eigenvalue weighted by Crippen LogP contribution is 2.17. The Bertz CT molecular complexity index is 448. The van der Waals surface area contributed by atoms with Crippen molar-refractivity contribution < 1.29 is 14.7 Å². The Morgan fingerprint density at radius 3 is 2.68 bits per heavy atom. The average molecular weight is 328 g/mol. The van der Waals surface area contributed by atoms with E-state index >= 15 is 0 Å². The number of carboxylic acids is 1. The SMILES string of the molecule is CC(CNC(=O)CCc1ccccc1Br)CC(=O)O. The summed E-state index contributed by atoms with van der Waals surface area (Å²) in [6.07, 6.45) is 1.15. The number of rotatable bonds is 7. The maximum atomic E-state index is 11.6. The van der Waals surface area contributed by atoms with Gasteiger partial charge in [-0.15, -0.1) is 0 Å². The van der Waals surface area contributed by atoms with Crippen molar-refractivity contribution >= 4 is 27.8 Å². The fourth-order valence-corrected chi connectivity index (χ4v) is 2.18. The molecule has 5 heteroatoms. The number of halogens is 1. The Labute approximate surface area is 121 Å². The maximum Gasteiger partial charge on any atom is 0.303 e. The predicted molar refractivity (Wildman–Crippen MR) is 76.9 cm³/mol. The first kappa shape index (κ1) is 15.7. The minimum atomic E-state index is -0.838. The lowest BCUT2D eigenvalue weighted by atomic mass is 10.1. The number of carbonyl (C=O) groups excluding carboxylic acids is 1. The van der Waals surface area contributed by atoms with Crippen LogP contribution in [0.3, 0.4) is 0 Å². The Kier molecular flexibility index (Phi) is 6.56. The molecule has 0 heterocycles. The lowest BCUT2D eigenvalue weighted by molar-refractivity contribution is -0.138. The van der Waals surface area contributed by atoms with Gasteiger partial charge in [-0.2, -0.15) is 0 Å². The van der Waals surface area contributed by atoms with E-state index in [-0.39, 0.29) is 18.2 Å². The standard InChI is InChI=1S/C14H18BrNO3/c1-10(8-14(18)19)9-16-13(17)7-6-11-4-2-3-5-12(11)15/h2-5,10H,6-9H2,1H3,(H,16,17)(H,18,19). The number of amides is 1. The Morgan fingerprint density at radius 1 is 1.37 bits per heavy atom. The van der Waals surface area contributed by atoms with E-state index in [4.69, 9.17) is 5.11 Å². The topological polar surface area (TPSA) is 66.4 Å². The van der Waals surface area contributed by atoms with Crippen molar-refractivity contribution in [2.75, 3.05) is 6.54 Å². The minimum Gasteiger partial charge on any atom is -0.481 e. The van der Waals surface area contributed by atoms with E-state index < -0.39 is 5.97 Å². The first-order valence-electron chi connectivity index (χ1n) is 6.21. The molecule has 0 aromatic heterocycles. The van der Waals surface area contributed by atoms with Crippen LogP contribution in [0, 0.1) is 5.92 Å². The van der Waals surface area contributed by atoms with Crippen LogP contribution < -0.4 is 5.32 Å². The highest BCUT2D eigenvalue weighted by molar-refractivity contribution is 9.10. The van der Waals surface area contributed by atoms with Gasteiger partial charge < -0.3 is 10.4 Å². The molecule has 2 N–H and O–H groups in total. The second-order valence-corrected chi connectivity index (χ2v) is 5.45. The maximum absolute atomic E-state index is 11.6. The molecule has 0 aliphatic heterocycles. The van der Waals surface area contributed by atoms with Gasteiger partial charge in [0.25, 0.3) is 0 Å². The summed E-state index contributed by atoms with van der Waals surface area (Å²) in [5.74, 6) is -0.937.